The van der Waals surface area contributed by atoms with Crippen LogP contribution in [0.5, 0.6) is 0 Å². The zero-order valence-electron chi connectivity index (χ0n) is 6.88. The Morgan fingerprint density at radius 3 is 1.50 bits per heavy atom. The molecule has 1 aliphatic heterocycles. The molecule has 1 saturated heterocycles. The molecule has 0 aromatic rings. The smallest absolute Gasteiger partial charge is 0.427 e. The Bertz CT molecular complexity index is 99.4. The normalized spacial score (nSPS) is 29.8. The summed E-state index contributed by atoms with van der Waals surface area (Å²) in [4.78, 5) is 10.2. The van der Waals surface area contributed by atoms with E-state index in [4.69, 9.17) is 0 Å². The minimum absolute atomic E-state index is 0.0810. The van der Waals surface area contributed by atoms with E-state index >= 15 is 0 Å². The largest absolute Gasteiger partial charge is 0.509 e. The minimum Gasteiger partial charge on any atom is -0.427 e. The number of hydrogen-bond donors (Lipinski definition) is 0. The molecule has 1 fully saturated rings. The number of rotatable bonds is 0. The molecule has 3 nitrogen and oxygen atoms in total. The maximum Gasteiger partial charge on any atom is 0.509 e. The maximum absolute atomic E-state index is 10.2. The molecule has 0 aromatic heterocycles. The number of carbonyl (C=O) groups excluding carboxylic acids is 1. The van der Waals surface area contributed by atoms with Gasteiger partial charge in [-0.2, -0.15) is 0 Å². The van der Waals surface area contributed by atoms with Gasteiger partial charge in [0.05, 0.1) is 0 Å². The van der Waals surface area contributed by atoms with Crippen LogP contribution in [0.4, 0.5) is 4.79 Å². The summed E-state index contributed by atoms with van der Waals surface area (Å²) in [6.07, 6.45) is -0.713. The molecular formula is C7H14O3. The second-order valence-corrected chi connectivity index (χ2v) is 1.90. The predicted molar refractivity (Wildman–Crippen MR) is 37.8 cm³/mol. The van der Waals surface area contributed by atoms with Crippen LogP contribution in [0.1, 0.15) is 27.7 Å². The Kier molecular flexibility index (Phi) is 3.84. The monoisotopic (exact) mass is 146 g/mol. The van der Waals surface area contributed by atoms with Gasteiger partial charge < -0.3 is 9.47 Å². The van der Waals surface area contributed by atoms with E-state index in [2.05, 4.69) is 9.47 Å². The van der Waals surface area contributed by atoms with Crippen molar-refractivity contribution >= 4 is 6.16 Å². The highest BCUT2D eigenvalue weighted by molar-refractivity contribution is 5.62. The van der Waals surface area contributed by atoms with Crippen LogP contribution in [0.15, 0.2) is 0 Å². The van der Waals surface area contributed by atoms with Gasteiger partial charge in [0.25, 0.3) is 0 Å². The lowest BCUT2D eigenvalue weighted by molar-refractivity contribution is 0.118. The van der Waals surface area contributed by atoms with Crippen molar-refractivity contribution < 1.29 is 14.3 Å². The van der Waals surface area contributed by atoms with E-state index in [1.807, 2.05) is 13.8 Å². The molecule has 1 heterocycles. The van der Waals surface area contributed by atoms with Gasteiger partial charge in [0.2, 0.25) is 0 Å². The summed E-state index contributed by atoms with van der Waals surface area (Å²) in [6, 6.07) is 0. The van der Waals surface area contributed by atoms with Crippen LogP contribution in [-0.2, 0) is 9.47 Å². The van der Waals surface area contributed by atoms with Gasteiger partial charge in [0.15, 0.2) is 0 Å². The van der Waals surface area contributed by atoms with Crippen molar-refractivity contribution in [3.8, 4) is 0 Å². The van der Waals surface area contributed by atoms with Crippen molar-refractivity contribution in [1.82, 2.24) is 0 Å². The Labute approximate surface area is 61.3 Å². The molecule has 2 atom stereocenters. The van der Waals surface area contributed by atoms with Gasteiger partial charge in [-0.25, -0.2) is 4.79 Å². The number of carbonyl (C=O) groups is 1. The minimum atomic E-state index is -0.551. The van der Waals surface area contributed by atoms with E-state index in [9.17, 15) is 4.79 Å². The molecule has 3 heteroatoms. The third-order valence-corrected chi connectivity index (χ3v) is 1.23. The summed E-state index contributed by atoms with van der Waals surface area (Å²) in [5.74, 6) is 0. The molecule has 0 bridgehead atoms. The molecular weight excluding hydrogens is 132 g/mol. The van der Waals surface area contributed by atoms with E-state index in [1.54, 1.807) is 13.8 Å². The van der Waals surface area contributed by atoms with Crippen LogP contribution < -0.4 is 0 Å². The van der Waals surface area contributed by atoms with Crippen molar-refractivity contribution in [2.24, 2.45) is 0 Å². The van der Waals surface area contributed by atoms with Gasteiger partial charge in [-0.05, 0) is 13.8 Å². The fourth-order valence-corrected chi connectivity index (χ4v) is 0.523. The Morgan fingerprint density at radius 1 is 1.10 bits per heavy atom. The molecule has 2 unspecified atom stereocenters. The highest BCUT2D eigenvalue weighted by Gasteiger charge is 2.28. The molecule has 0 radical (unpaired) electrons. The van der Waals surface area contributed by atoms with Gasteiger partial charge in [-0.15, -0.1) is 0 Å². The lowest BCUT2D eigenvalue weighted by Crippen LogP contribution is -2.13. The summed E-state index contributed by atoms with van der Waals surface area (Å²) in [5.41, 5.74) is 0. The third kappa shape index (κ3) is 2.25. The fraction of sp³-hybridized carbons (Fsp3) is 0.857. The van der Waals surface area contributed by atoms with Gasteiger partial charge in [-0.1, -0.05) is 13.8 Å². The van der Waals surface area contributed by atoms with Crippen LogP contribution in [-0.4, -0.2) is 18.4 Å². The average Bonchev–Trinajstić information content (AvgIpc) is 2.16. The van der Waals surface area contributed by atoms with Crippen LogP contribution >= 0.6 is 0 Å². The fourth-order valence-electron chi connectivity index (χ4n) is 0.523. The predicted octanol–water partition coefficient (Wildman–Crippen LogP) is 1.96. The molecule has 0 saturated carbocycles. The van der Waals surface area contributed by atoms with Crippen LogP contribution in [0.3, 0.4) is 0 Å². The second-order valence-electron chi connectivity index (χ2n) is 1.90. The molecule has 0 N–H and O–H groups in total. The van der Waals surface area contributed by atoms with E-state index in [0.717, 1.165) is 0 Å². The van der Waals surface area contributed by atoms with Crippen molar-refractivity contribution in [3.05, 3.63) is 0 Å². The Morgan fingerprint density at radius 2 is 1.40 bits per heavy atom. The lowest BCUT2D eigenvalue weighted by atomic mass is 10.3. The standard InChI is InChI=1S/C5H8O3.C2H6/c1-3-4(2)8-5(6)7-3;1-2/h3-4H,1-2H3;1-2H3. The molecule has 1 aliphatic rings. The summed E-state index contributed by atoms with van der Waals surface area (Å²) in [6.45, 7) is 7.60. The number of ether oxygens (including phenoxy) is 2. The molecule has 0 amide bonds. The van der Waals surface area contributed by atoms with Gasteiger partial charge in [-0.3, -0.25) is 0 Å². The molecule has 60 valence electrons. The van der Waals surface area contributed by atoms with Gasteiger partial charge >= 0.3 is 6.16 Å². The molecule has 0 spiro atoms. The van der Waals surface area contributed by atoms with E-state index in [1.165, 1.54) is 0 Å². The third-order valence-electron chi connectivity index (χ3n) is 1.23. The van der Waals surface area contributed by atoms with Crippen LogP contribution in [0, 0.1) is 0 Å². The summed E-state index contributed by atoms with van der Waals surface area (Å²) in [5, 5.41) is 0. The summed E-state index contributed by atoms with van der Waals surface area (Å²) in [7, 11) is 0. The first-order valence-corrected chi connectivity index (χ1v) is 3.57. The average molecular weight is 146 g/mol. The first kappa shape index (κ1) is 9.27. The van der Waals surface area contributed by atoms with Gasteiger partial charge in [0.1, 0.15) is 12.2 Å². The van der Waals surface area contributed by atoms with Crippen LogP contribution in [0.2, 0.25) is 0 Å². The zero-order valence-corrected chi connectivity index (χ0v) is 6.88. The van der Waals surface area contributed by atoms with Crippen molar-refractivity contribution in [1.29, 1.82) is 0 Å². The molecule has 0 aliphatic carbocycles. The number of cyclic esters (lactones) is 2. The van der Waals surface area contributed by atoms with E-state index in [0.29, 0.717) is 0 Å². The highest BCUT2D eigenvalue weighted by atomic mass is 16.8. The topological polar surface area (TPSA) is 35.5 Å². The van der Waals surface area contributed by atoms with Crippen molar-refractivity contribution in [3.63, 3.8) is 0 Å². The summed E-state index contributed by atoms with van der Waals surface area (Å²) < 4.78 is 9.22. The number of hydrogen-bond acceptors (Lipinski definition) is 3. The Balaban J connectivity index is 0.000000371. The SMILES string of the molecule is CC.CC1OC(=O)OC1C. The van der Waals surface area contributed by atoms with Gasteiger partial charge in [0, 0.05) is 0 Å². The van der Waals surface area contributed by atoms with E-state index in [-0.39, 0.29) is 12.2 Å². The van der Waals surface area contributed by atoms with E-state index < -0.39 is 6.16 Å². The molecule has 1 rings (SSSR count). The highest BCUT2D eigenvalue weighted by Crippen LogP contribution is 2.12. The van der Waals surface area contributed by atoms with Crippen LogP contribution in [0.25, 0.3) is 0 Å². The Hall–Kier alpha value is -0.730. The maximum atomic E-state index is 10.2. The molecule has 0 aromatic carbocycles. The first-order valence-electron chi connectivity index (χ1n) is 3.57. The second kappa shape index (κ2) is 4.14. The van der Waals surface area contributed by atoms with Crippen molar-refractivity contribution in [2.75, 3.05) is 0 Å². The molecule has 10 heavy (non-hydrogen) atoms. The van der Waals surface area contributed by atoms with Crippen molar-refractivity contribution in [2.45, 2.75) is 39.9 Å². The summed E-state index contributed by atoms with van der Waals surface area (Å²) >= 11 is 0. The zero-order chi connectivity index (χ0) is 8.15. The quantitative estimate of drug-likeness (QED) is 0.490. The lowest BCUT2D eigenvalue weighted by Gasteiger charge is -2.00. The first-order chi connectivity index (χ1) is 4.70.